The van der Waals surface area contributed by atoms with Gasteiger partial charge < -0.3 is 0 Å². The van der Waals surface area contributed by atoms with E-state index < -0.39 is 0 Å². The molecular formula is C21H28N2. The highest BCUT2D eigenvalue weighted by Gasteiger charge is 2.32. The van der Waals surface area contributed by atoms with Gasteiger partial charge in [-0.15, -0.1) is 0 Å². The average Bonchev–Trinajstić information content (AvgIpc) is 2.85. The van der Waals surface area contributed by atoms with Gasteiger partial charge in [-0.1, -0.05) is 35.4 Å². The van der Waals surface area contributed by atoms with Gasteiger partial charge >= 0.3 is 0 Å². The fraction of sp³-hybridized carbons (Fsp3) is 0.429. The van der Waals surface area contributed by atoms with Crippen LogP contribution >= 0.6 is 0 Å². The Morgan fingerprint density at radius 3 is 1.22 bits per heavy atom. The minimum Gasteiger partial charge on any atom is -0.296 e. The van der Waals surface area contributed by atoms with Crippen molar-refractivity contribution in [2.45, 2.75) is 53.6 Å². The van der Waals surface area contributed by atoms with Crippen molar-refractivity contribution in [3.63, 3.8) is 0 Å². The quantitative estimate of drug-likeness (QED) is 0.855. The van der Waals surface area contributed by atoms with Crippen LogP contribution < -0.4 is 10.6 Å². The lowest BCUT2D eigenvalue weighted by Gasteiger charge is -2.27. The highest BCUT2D eigenvalue weighted by atomic mass is 15.2. The van der Waals surface area contributed by atoms with Gasteiger partial charge in [-0.2, -0.15) is 0 Å². The molecule has 1 aliphatic rings. The third kappa shape index (κ3) is 2.93. The van der Waals surface area contributed by atoms with E-state index >= 15 is 0 Å². The number of rotatable bonds is 2. The summed E-state index contributed by atoms with van der Waals surface area (Å²) >= 11 is 0. The second kappa shape index (κ2) is 6.10. The summed E-state index contributed by atoms with van der Waals surface area (Å²) in [6, 6.07) is 9.86. The minimum atomic E-state index is 0.329. The van der Waals surface area contributed by atoms with Crippen LogP contribution in [0.25, 0.3) is 0 Å². The Labute approximate surface area is 140 Å². The lowest BCUT2D eigenvalue weighted by atomic mass is 9.85. The maximum absolute atomic E-state index is 3.68. The van der Waals surface area contributed by atoms with Crippen LogP contribution in [-0.2, 0) is 0 Å². The number of benzene rings is 2. The van der Waals surface area contributed by atoms with E-state index in [9.17, 15) is 0 Å². The zero-order valence-electron chi connectivity index (χ0n) is 15.2. The van der Waals surface area contributed by atoms with Crippen molar-refractivity contribution < 1.29 is 0 Å². The summed E-state index contributed by atoms with van der Waals surface area (Å²) in [6.07, 6.45) is 0. The molecule has 0 saturated carbocycles. The molecule has 0 aliphatic carbocycles. The molecule has 1 heterocycles. The number of aryl methyl sites for hydroxylation is 6. The van der Waals surface area contributed by atoms with Gasteiger partial charge in [-0.25, -0.2) is 0 Å². The number of nitrogens with one attached hydrogen (secondary N) is 2. The molecule has 2 nitrogen and oxygen atoms in total. The normalized spacial score (nSPS) is 21.0. The van der Waals surface area contributed by atoms with Crippen LogP contribution in [0.2, 0.25) is 0 Å². The van der Waals surface area contributed by atoms with E-state index in [1.54, 1.807) is 0 Å². The second-order valence-corrected chi connectivity index (χ2v) is 7.17. The van der Waals surface area contributed by atoms with Crippen LogP contribution in [-0.4, -0.2) is 6.67 Å². The first-order chi connectivity index (χ1) is 10.9. The minimum absolute atomic E-state index is 0.329. The molecule has 2 atom stereocenters. The molecule has 2 aromatic carbocycles. The molecule has 0 radical (unpaired) electrons. The zero-order valence-corrected chi connectivity index (χ0v) is 15.2. The molecule has 3 rings (SSSR count). The molecule has 2 aromatic rings. The molecule has 1 aliphatic heterocycles. The second-order valence-electron chi connectivity index (χ2n) is 7.17. The largest absolute Gasteiger partial charge is 0.296 e. The summed E-state index contributed by atoms with van der Waals surface area (Å²) in [4.78, 5) is 0. The maximum atomic E-state index is 3.68. The maximum Gasteiger partial charge on any atom is 0.0533 e. The smallest absolute Gasteiger partial charge is 0.0533 e. The summed E-state index contributed by atoms with van der Waals surface area (Å²) in [5.41, 5.74) is 11.1. The van der Waals surface area contributed by atoms with Crippen LogP contribution in [0.5, 0.6) is 0 Å². The lowest BCUT2D eigenvalue weighted by Crippen LogP contribution is -2.22. The molecule has 2 unspecified atom stereocenters. The van der Waals surface area contributed by atoms with Crippen LogP contribution in [0.1, 0.15) is 56.6 Å². The first kappa shape index (κ1) is 16.2. The van der Waals surface area contributed by atoms with E-state index in [0.29, 0.717) is 12.1 Å². The third-order valence-electron chi connectivity index (χ3n) is 5.08. The van der Waals surface area contributed by atoms with Gasteiger partial charge in [0.15, 0.2) is 0 Å². The molecule has 1 fully saturated rings. The summed E-state index contributed by atoms with van der Waals surface area (Å²) in [5, 5.41) is 7.36. The topological polar surface area (TPSA) is 24.1 Å². The van der Waals surface area contributed by atoms with E-state index in [1.807, 2.05) is 0 Å². The molecule has 2 N–H and O–H groups in total. The summed E-state index contributed by atoms with van der Waals surface area (Å²) in [5.74, 6) is 0. The van der Waals surface area contributed by atoms with Crippen molar-refractivity contribution >= 4 is 0 Å². The van der Waals surface area contributed by atoms with Gasteiger partial charge in [-0.05, 0) is 74.9 Å². The van der Waals surface area contributed by atoms with Gasteiger partial charge in [-0.3, -0.25) is 10.6 Å². The Kier molecular flexibility index (Phi) is 4.31. The third-order valence-corrected chi connectivity index (χ3v) is 5.08. The Bertz CT molecular complexity index is 636. The van der Waals surface area contributed by atoms with Gasteiger partial charge in [0.1, 0.15) is 0 Å². The standard InChI is InChI=1S/C21H28N2/c1-12-7-14(3)18(15(4)8-12)20-21(23-11-22-20)19-16(5)9-13(2)10-17(19)6/h7-10,20-23H,11H2,1-6H3. The van der Waals surface area contributed by atoms with Crippen molar-refractivity contribution in [1.82, 2.24) is 10.6 Å². The number of hydrogen-bond donors (Lipinski definition) is 2. The van der Waals surface area contributed by atoms with Crippen molar-refractivity contribution in [3.05, 3.63) is 68.8 Å². The lowest BCUT2D eigenvalue weighted by molar-refractivity contribution is 0.544. The average molecular weight is 308 g/mol. The van der Waals surface area contributed by atoms with E-state index in [4.69, 9.17) is 0 Å². The fourth-order valence-corrected chi connectivity index (χ4v) is 4.42. The first-order valence-corrected chi connectivity index (χ1v) is 8.50. The molecule has 122 valence electrons. The zero-order chi connectivity index (χ0) is 16.7. The van der Waals surface area contributed by atoms with Crippen LogP contribution in [0.3, 0.4) is 0 Å². The Balaban J connectivity index is 2.09. The van der Waals surface area contributed by atoms with Crippen molar-refractivity contribution in [1.29, 1.82) is 0 Å². The summed E-state index contributed by atoms with van der Waals surface area (Å²) in [6.45, 7) is 14.2. The van der Waals surface area contributed by atoms with Gasteiger partial charge in [0.2, 0.25) is 0 Å². The molecular weight excluding hydrogens is 280 g/mol. The van der Waals surface area contributed by atoms with E-state index in [2.05, 4.69) is 76.4 Å². The van der Waals surface area contributed by atoms with Gasteiger partial charge in [0, 0.05) is 6.67 Å². The van der Waals surface area contributed by atoms with Crippen LogP contribution in [0, 0.1) is 41.5 Å². The van der Waals surface area contributed by atoms with Crippen molar-refractivity contribution in [2.24, 2.45) is 0 Å². The fourth-order valence-electron chi connectivity index (χ4n) is 4.42. The molecule has 0 amide bonds. The predicted octanol–water partition coefficient (Wildman–Crippen LogP) is 4.47. The van der Waals surface area contributed by atoms with Crippen molar-refractivity contribution in [3.8, 4) is 0 Å². The van der Waals surface area contributed by atoms with E-state index in [-0.39, 0.29) is 0 Å². The molecule has 0 aromatic heterocycles. The van der Waals surface area contributed by atoms with Crippen LogP contribution in [0.4, 0.5) is 0 Å². The Morgan fingerprint density at radius 2 is 0.913 bits per heavy atom. The molecule has 0 spiro atoms. The van der Waals surface area contributed by atoms with E-state index in [0.717, 1.165) is 6.67 Å². The molecule has 2 heteroatoms. The van der Waals surface area contributed by atoms with Crippen LogP contribution in [0.15, 0.2) is 24.3 Å². The molecule has 1 saturated heterocycles. The molecule has 23 heavy (non-hydrogen) atoms. The van der Waals surface area contributed by atoms with Gasteiger partial charge in [0.25, 0.3) is 0 Å². The monoisotopic (exact) mass is 308 g/mol. The Hall–Kier alpha value is -1.64. The highest BCUT2D eigenvalue weighted by molar-refractivity contribution is 5.46. The SMILES string of the molecule is Cc1cc(C)c(C2NCNC2c2c(C)cc(C)cc2C)c(C)c1. The summed E-state index contributed by atoms with van der Waals surface area (Å²) < 4.78 is 0. The predicted molar refractivity (Wildman–Crippen MR) is 97.9 cm³/mol. The highest BCUT2D eigenvalue weighted by Crippen LogP contribution is 2.38. The van der Waals surface area contributed by atoms with Gasteiger partial charge in [0.05, 0.1) is 12.1 Å². The van der Waals surface area contributed by atoms with Crippen molar-refractivity contribution in [2.75, 3.05) is 6.67 Å². The summed E-state index contributed by atoms with van der Waals surface area (Å²) in [7, 11) is 0. The number of hydrogen-bond acceptors (Lipinski definition) is 2. The molecule has 0 bridgehead atoms. The van der Waals surface area contributed by atoms with E-state index in [1.165, 1.54) is 44.5 Å². The Morgan fingerprint density at radius 1 is 0.609 bits per heavy atom. The first-order valence-electron chi connectivity index (χ1n) is 8.50.